The van der Waals surface area contributed by atoms with Gasteiger partial charge in [0, 0.05) is 24.2 Å². The van der Waals surface area contributed by atoms with Gasteiger partial charge in [0.2, 0.25) is 0 Å². The number of benzene rings is 2. The Morgan fingerprint density at radius 2 is 1.91 bits per heavy atom. The van der Waals surface area contributed by atoms with Crippen molar-refractivity contribution in [3.8, 4) is 5.75 Å². The van der Waals surface area contributed by atoms with Gasteiger partial charge in [-0.25, -0.2) is 4.39 Å². The average molecular weight is 313 g/mol. The molecule has 0 radical (unpaired) electrons. The van der Waals surface area contributed by atoms with Crippen LogP contribution >= 0.6 is 0 Å². The van der Waals surface area contributed by atoms with Crippen LogP contribution in [0.4, 0.5) is 4.39 Å². The molecule has 0 atom stereocenters. The minimum atomic E-state index is -0.264. The minimum Gasteiger partial charge on any atom is -0.491 e. The zero-order chi connectivity index (χ0) is 16.4. The number of fused-ring (bicyclic) bond motifs is 1. The monoisotopic (exact) mass is 313 g/mol. The van der Waals surface area contributed by atoms with E-state index in [0.29, 0.717) is 18.7 Å². The second kappa shape index (κ2) is 6.41. The third-order valence-electron chi connectivity index (χ3n) is 3.93. The third kappa shape index (κ3) is 3.36. The van der Waals surface area contributed by atoms with E-state index in [2.05, 4.69) is 0 Å². The highest BCUT2D eigenvalue weighted by molar-refractivity contribution is 5.97. The van der Waals surface area contributed by atoms with E-state index < -0.39 is 0 Å². The summed E-state index contributed by atoms with van der Waals surface area (Å²) in [5, 5.41) is 0. The molecule has 0 saturated heterocycles. The summed E-state index contributed by atoms with van der Waals surface area (Å²) in [6.07, 6.45) is 0.847. The van der Waals surface area contributed by atoms with Crippen LogP contribution in [0.2, 0.25) is 0 Å². The topological polar surface area (TPSA) is 29.5 Å². The van der Waals surface area contributed by atoms with Gasteiger partial charge in [0.05, 0.1) is 6.10 Å². The molecule has 120 valence electrons. The van der Waals surface area contributed by atoms with Crippen molar-refractivity contribution >= 4 is 5.91 Å². The standard InChI is InChI=1S/C19H20FNO2/c1-13(2)23-18-5-3-4-17-16(18)10-11-21(19(17)22)12-14-6-8-15(20)9-7-14/h3-9,13H,10-12H2,1-2H3. The van der Waals surface area contributed by atoms with Gasteiger partial charge in [-0.05, 0) is 50.1 Å². The molecule has 0 unspecified atom stereocenters. The Morgan fingerprint density at radius 1 is 1.17 bits per heavy atom. The van der Waals surface area contributed by atoms with Crippen LogP contribution in [0.25, 0.3) is 0 Å². The maximum absolute atomic E-state index is 13.0. The van der Waals surface area contributed by atoms with Crippen LogP contribution in [-0.4, -0.2) is 23.5 Å². The van der Waals surface area contributed by atoms with E-state index in [4.69, 9.17) is 4.74 Å². The van der Waals surface area contributed by atoms with E-state index in [0.717, 1.165) is 23.3 Å². The third-order valence-corrected chi connectivity index (χ3v) is 3.93. The first-order chi connectivity index (χ1) is 11.0. The van der Waals surface area contributed by atoms with Crippen molar-refractivity contribution in [2.75, 3.05) is 6.54 Å². The van der Waals surface area contributed by atoms with Gasteiger partial charge in [0.15, 0.2) is 0 Å². The van der Waals surface area contributed by atoms with E-state index in [1.54, 1.807) is 17.0 Å². The molecule has 4 heteroatoms. The Morgan fingerprint density at radius 3 is 2.61 bits per heavy atom. The molecule has 0 N–H and O–H groups in total. The quantitative estimate of drug-likeness (QED) is 0.859. The average Bonchev–Trinajstić information content (AvgIpc) is 2.52. The van der Waals surface area contributed by atoms with E-state index in [1.807, 2.05) is 32.0 Å². The Hall–Kier alpha value is -2.36. The number of carbonyl (C=O) groups is 1. The van der Waals surface area contributed by atoms with Gasteiger partial charge < -0.3 is 9.64 Å². The molecule has 2 aromatic carbocycles. The highest BCUT2D eigenvalue weighted by atomic mass is 19.1. The lowest BCUT2D eigenvalue weighted by Crippen LogP contribution is -2.37. The van der Waals surface area contributed by atoms with Gasteiger partial charge in [0.25, 0.3) is 5.91 Å². The van der Waals surface area contributed by atoms with E-state index in [1.165, 1.54) is 12.1 Å². The van der Waals surface area contributed by atoms with Crippen molar-refractivity contribution in [3.05, 3.63) is 65.0 Å². The summed E-state index contributed by atoms with van der Waals surface area (Å²) in [6.45, 7) is 5.09. The molecule has 1 aliphatic rings. The number of hydrogen-bond donors (Lipinski definition) is 0. The number of hydrogen-bond acceptors (Lipinski definition) is 2. The fourth-order valence-electron chi connectivity index (χ4n) is 2.87. The van der Waals surface area contributed by atoms with Crippen molar-refractivity contribution in [2.24, 2.45) is 0 Å². The summed E-state index contributed by atoms with van der Waals surface area (Å²) in [5.41, 5.74) is 2.62. The molecule has 0 spiro atoms. The minimum absolute atomic E-state index is 0.00443. The summed E-state index contributed by atoms with van der Waals surface area (Å²) in [7, 11) is 0. The largest absolute Gasteiger partial charge is 0.491 e. The van der Waals surface area contributed by atoms with Crippen LogP contribution in [0.15, 0.2) is 42.5 Å². The summed E-state index contributed by atoms with van der Waals surface area (Å²) < 4.78 is 18.8. The van der Waals surface area contributed by atoms with Crippen LogP contribution in [0.1, 0.15) is 35.3 Å². The number of rotatable bonds is 4. The van der Waals surface area contributed by atoms with Crippen molar-refractivity contribution in [2.45, 2.75) is 32.9 Å². The molecule has 1 heterocycles. The molecule has 0 saturated carbocycles. The van der Waals surface area contributed by atoms with Gasteiger partial charge in [-0.3, -0.25) is 4.79 Å². The van der Waals surface area contributed by atoms with Crippen molar-refractivity contribution in [3.63, 3.8) is 0 Å². The number of amides is 1. The van der Waals surface area contributed by atoms with Gasteiger partial charge in [-0.15, -0.1) is 0 Å². The second-order valence-electron chi connectivity index (χ2n) is 6.05. The predicted octanol–water partition coefficient (Wildman–Crippen LogP) is 3.81. The summed E-state index contributed by atoms with van der Waals surface area (Å²) in [5.74, 6) is 0.539. The van der Waals surface area contributed by atoms with Crippen LogP contribution < -0.4 is 4.74 Å². The summed E-state index contributed by atoms with van der Waals surface area (Å²) >= 11 is 0. The number of carbonyl (C=O) groups excluding carboxylic acids is 1. The molecule has 3 rings (SSSR count). The van der Waals surface area contributed by atoms with Crippen LogP contribution in [0.5, 0.6) is 5.75 Å². The lowest BCUT2D eigenvalue weighted by molar-refractivity contribution is 0.0724. The Labute approximate surface area is 135 Å². The molecule has 0 bridgehead atoms. The first kappa shape index (κ1) is 15.5. The smallest absolute Gasteiger partial charge is 0.254 e. The Bertz CT molecular complexity index is 710. The predicted molar refractivity (Wildman–Crippen MR) is 87.1 cm³/mol. The van der Waals surface area contributed by atoms with Gasteiger partial charge >= 0.3 is 0 Å². The molecule has 1 aliphatic heterocycles. The van der Waals surface area contributed by atoms with Crippen molar-refractivity contribution in [1.29, 1.82) is 0 Å². The number of halogens is 1. The lowest BCUT2D eigenvalue weighted by Gasteiger charge is -2.30. The highest BCUT2D eigenvalue weighted by Gasteiger charge is 2.26. The summed E-state index contributed by atoms with van der Waals surface area (Å²) in [6, 6.07) is 11.9. The first-order valence-corrected chi connectivity index (χ1v) is 7.87. The Balaban J connectivity index is 1.82. The molecule has 0 aliphatic carbocycles. The van der Waals surface area contributed by atoms with Crippen LogP contribution in [-0.2, 0) is 13.0 Å². The van der Waals surface area contributed by atoms with E-state index in [9.17, 15) is 9.18 Å². The fraction of sp³-hybridized carbons (Fsp3) is 0.316. The second-order valence-corrected chi connectivity index (χ2v) is 6.05. The fourth-order valence-corrected chi connectivity index (χ4v) is 2.87. The zero-order valence-electron chi connectivity index (χ0n) is 13.4. The maximum Gasteiger partial charge on any atom is 0.254 e. The molecular formula is C19H20FNO2. The molecule has 1 amide bonds. The maximum atomic E-state index is 13.0. The number of ether oxygens (including phenoxy) is 1. The Kier molecular flexibility index (Phi) is 4.33. The molecule has 2 aromatic rings. The zero-order valence-corrected chi connectivity index (χ0v) is 13.4. The molecule has 0 fully saturated rings. The van der Waals surface area contributed by atoms with E-state index in [-0.39, 0.29) is 17.8 Å². The molecule has 3 nitrogen and oxygen atoms in total. The van der Waals surface area contributed by atoms with E-state index >= 15 is 0 Å². The lowest BCUT2D eigenvalue weighted by atomic mass is 9.97. The molecule has 23 heavy (non-hydrogen) atoms. The van der Waals surface area contributed by atoms with Gasteiger partial charge in [-0.2, -0.15) is 0 Å². The van der Waals surface area contributed by atoms with Gasteiger partial charge in [0.1, 0.15) is 11.6 Å². The first-order valence-electron chi connectivity index (χ1n) is 7.87. The molecular weight excluding hydrogens is 293 g/mol. The van der Waals surface area contributed by atoms with Crippen molar-refractivity contribution in [1.82, 2.24) is 4.90 Å². The SMILES string of the molecule is CC(C)Oc1cccc2c1CCN(Cc1ccc(F)cc1)C2=O. The highest BCUT2D eigenvalue weighted by Crippen LogP contribution is 2.29. The summed E-state index contributed by atoms with van der Waals surface area (Å²) in [4.78, 5) is 14.5. The van der Waals surface area contributed by atoms with Crippen LogP contribution in [0.3, 0.4) is 0 Å². The normalized spacial score (nSPS) is 14.1. The van der Waals surface area contributed by atoms with Crippen molar-refractivity contribution < 1.29 is 13.9 Å². The molecule has 0 aromatic heterocycles. The van der Waals surface area contributed by atoms with Gasteiger partial charge in [-0.1, -0.05) is 18.2 Å². The van der Waals surface area contributed by atoms with Crippen LogP contribution in [0, 0.1) is 5.82 Å². The number of nitrogens with zero attached hydrogens (tertiary/aromatic N) is 1.